The standard InChI is InChI=1S/C34H34N6O9S/c1-33(2,3)47-16-21(39-32(42)49-34(4,5)6)27-35-19(13-44-27)26-37-22(15-46-26)30-38-23(17-50-30)28-36-20(14-45-28)29-40-24(31(41)43-7)25(48-29)18-11-9-8-10-12-18/h8-15,17,21H,16H2,1-7H3,(H,39,42)/t21-/m0/s1. The summed E-state index contributed by atoms with van der Waals surface area (Å²) in [5, 5.41) is 5.04. The molecule has 0 radical (unpaired) electrons. The molecule has 0 spiro atoms. The Morgan fingerprint density at radius 2 is 1.46 bits per heavy atom. The number of hydrogen-bond donors (Lipinski definition) is 1. The van der Waals surface area contributed by atoms with Crippen LogP contribution in [-0.2, 0) is 14.2 Å². The predicted octanol–water partition coefficient (Wildman–Crippen LogP) is 7.60. The largest absolute Gasteiger partial charge is 0.464 e. The van der Waals surface area contributed by atoms with E-state index < -0.39 is 29.3 Å². The molecule has 1 atom stereocenters. The maximum atomic E-state index is 12.6. The van der Waals surface area contributed by atoms with E-state index in [9.17, 15) is 9.59 Å². The van der Waals surface area contributed by atoms with Gasteiger partial charge in [0.25, 0.3) is 0 Å². The van der Waals surface area contributed by atoms with Crippen LogP contribution in [0.25, 0.3) is 56.8 Å². The third-order valence-electron chi connectivity index (χ3n) is 6.62. The number of amides is 1. The number of ether oxygens (including phenoxy) is 3. The molecule has 16 heteroatoms. The third kappa shape index (κ3) is 7.98. The Hall–Kier alpha value is -5.61. The van der Waals surface area contributed by atoms with E-state index in [0.29, 0.717) is 27.7 Å². The lowest BCUT2D eigenvalue weighted by Crippen LogP contribution is -2.38. The minimum absolute atomic E-state index is 0.0170. The first-order valence-electron chi connectivity index (χ1n) is 15.4. The van der Waals surface area contributed by atoms with Gasteiger partial charge in [0.2, 0.25) is 23.6 Å². The number of nitrogens with zero attached hydrogens (tertiary/aromatic N) is 5. The number of benzene rings is 1. The Bertz CT molecular complexity index is 2100. The van der Waals surface area contributed by atoms with Crippen molar-refractivity contribution in [2.75, 3.05) is 13.7 Å². The second-order valence-corrected chi connectivity index (χ2v) is 13.7. The van der Waals surface area contributed by atoms with E-state index >= 15 is 0 Å². The summed E-state index contributed by atoms with van der Waals surface area (Å²) in [6.45, 7) is 11.1. The van der Waals surface area contributed by atoms with Gasteiger partial charge < -0.3 is 37.2 Å². The highest BCUT2D eigenvalue weighted by molar-refractivity contribution is 7.13. The number of thiazole rings is 1. The number of nitrogens with one attached hydrogen (secondary N) is 1. The molecule has 5 aromatic heterocycles. The molecule has 260 valence electrons. The quantitative estimate of drug-likeness (QED) is 0.137. The van der Waals surface area contributed by atoms with Gasteiger partial charge in [-0.05, 0) is 41.5 Å². The molecule has 50 heavy (non-hydrogen) atoms. The van der Waals surface area contributed by atoms with Crippen LogP contribution in [0.3, 0.4) is 0 Å². The molecule has 0 aliphatic heterocycles. The predicted molar refractivity (Wildman–Crippen MR) is 179 cm³/mol. The number of carbonyl (C=O) groups excluding carboxylic acids is 2. The van der Waals surface area contributed by atoms with Gasteiger partial charge in [0, 0.05) is 10.9 Å². The normalized spacial score (nSPS) is 12.5. The van der Waals surface area contributed by atoms with Gasteiger partial charge in [-0.1, -0.05) is 30.3 Å². The van der Waals surface area contributed by atoms with Crippen molar-refractivity contribution in [1.82, 2.24) is 30.2 Å². The highest BCUT2D eigenvalue weighted by Gasteiger charge is 2.28. The van der Waals surface area contributed by atoms with Crippen molar-refractivity contribution in [1.29, 1.82) is 0 Å². The summed E-state index contributed by atoms with van der Waals surface area (Å²) >= 11 is 1.30. The molecule has 5 heterocycles. The first-order valence-corrected chi connectivity index (χ1v) is 16.3. The van der Waals surface area contributed by atoms with Crippen molar-refractivity contribution in [3.8, 4) is 56.8 Å². The maximum Gasteiger partial charge on any atom is 0.408 e. The number of rotatable bonds is 10. The van der Waals surface area contributed by atoms with Gasteiger partial charge in [-0.2, -0.15) is 4.98 Å². The lowest BCUT2D eigenvalue weighted by molar-refractivity contribution is -0.0207. The molecule has 1 amide bonds. The van der Waals surface area contributed by atoms with E-state index in [1.165, 1.54) is 37.2 Å². The van der Waals surface area contributed by atoms with Crippen LogP contribution < -0.4 is 5.32 Å². The monoisotopic (exact) mass is 702 g/mol. The molecular weight excluding hydrogens is 668 g/mol. The molecule has 0 unspecified atom stereocenters. The van der Waals surface area contributed by atoms with E-state index in [-0.39, 0.29) is 47.3 Å². The van der Waals surface area contributed by atoms with Crippen molar-refractivity contribution < 1.29 is 41.5 Å². The number of esters is 1. The van der Waals surface area contributed by atoms with E-state index in [1.54, 1.807) is 38.3 Å². The lowest BCUT2D eigenvalue weighted by Gasteiger charge is -2.25. The fourth-order valence-electron chi connectivity index (χ4n) is 4.42. The molecule has 0 saturated heterocycles. The number of carbonyl (C=O) groups is 2. The smallest absolute Gasteiger partial charge is 0.408 e. The fourth-order valence-corrected chi connectivity index (χ4v) is 5.16. The van der Waals surface area contributed by atoms with Crippen LogP contribution in [0.1, 0.15) is 64.0 Å². The van der Waals surface area contributed by atoms with Gasteiger partial charge in [0.1, 0.15) is 46.8 Å². The minimum Gasteiger partial charge on any atom is -0.464 e. The SMILES string of the molecule is COC(=O)c1nc(-c2coc(-c3csc(-c4coc(-c5coc([C@H](COC(C)(C)C)NC(=O)OC(C)(C)C)n5)n4)n3)n2)oc1-c1ccccc1. The number of methoxy groups -OCH3 is 1. The second-order valence-electron chi connectivity index (χ2n) is 12.9. The summed E-state index contributed by atoms with van der Waals surface area (Å²) in [5.41, 5.74) is 0.940. The van der Waals surface area contributed by atoms with E-state index in [2.05, 4.69) is 30.2 Å². The average molecular weight is 703 g/mol. The molecule has 0 aliphatic rings. The molecule has 0 aliphatic carbocycles. The molecule has 0 saturated carbocycles. The van der Waals surface area contributed by atoms with Crippen LogP contribution in [0.4, 0.5) is 4.79 Å². The van der Waals surface area contributed by atoms with Crippen molar-refractivity contribution in [2.24, 2.45) is 0 Å². The zero-order valence-electron chi connectivity index (χ0n) is 28.3. The van der Waals surface area contributed by atoms with Crippen LogP contribution >= 0.6 is 11.3 Å². The lowest BCUT2D eigenvalue weighted by atomic mass is 10.1. The zero-order chi connectivity index (χ0) is 35.6. The fraction of sp³-hybridized carbons (Fsp3) is 0.324. The molecule has 1 aromatic carbocycles. The van der Waals surface area contributed by atoms with Gasteiger partial charge in [-0.25, -0.2) is 29.5 Å². The maximum absolute atomic E-state index is 12.6. The Morgan fingerprint density at radius 3 is 2.16 bits per heavy atom. The van der Waals surface area contributed by atoms with Crippen LogP contribution in [0.5, 0.6) is 0 Å². The summed E-state index contributed by atoms with van der Waals surface area (Å²) in [5.74, 6) is 0.252. The van der Waals surface area contributed by atoms with Gasteiger partial charge in [0.05, 0.1) is 19.3 Å². The van der Waals surface area contributed by atoms with E-state index in [0.717, 1.165) is 0 Å². The number of alkyl carbamates (subject to hydrolysis) is 1. The summed E-state index contributed by atoms with van der Waals surface area (Å²) in [6, 6.07) is 8.33. The van der Waals surface area contributed by atoms with Gasteiger partial charge in [-0.3, -0.25) is 0 Å². The van der Waals surface area contributed by atoms with E-state index in [4.69, 9.17) is 31.9 Å². The zero-order valence-corrected chi connectivity index (χ0v) is 29.1. The van der Waals surface area contributed by atoms with E-state index in [1.807, 2.05) is 39.0 Å². The molecule has 6 rings (SSSR count). The summed E-state index contributed by atoms with van der Waals surface area (Å²) < 4.78 is 39.3. The first kappa shape index (κ1) is 34.3. The van der Waals surface area contributed by atoms with Crippen LogP contribution in [0.2, 0.25) is 0 Å². The first-order chi connectivity index (χ1) is 23.8. The van der Waals surface area contributed by atoms with Crippen molar-refractivity contribution in [3.05, 3.63) is 66.1 Å². The summed E-state index contributed by atoms with van der Waals surface area (Å²) in [4.78, 5) is 47.5. The van der Waals surface area contributed by atoms with Crippen molar-refractivity contribution >= 4 is 23.4 Å². The highest BCUT2D eigenvalue weighted by Crippen LogP contribution is 2.34. The molecule has 1 N–H and O–H groups in total. The molecule has 0 bridgehead atoms. The van der Waals surface area contributed by atoms with Gasteiger partial charge in [-0.15, -0.1) is 11.3 Å². The molecule has 6 aromatic rings. The van der Waals surface area contributed by atoms with Crippen molar-refractivity contribution in [3.63, 3.8) is 0 Å². The Balaban J connectivity index is 1.19. The van der Waals surface area contributed by atoms with Crippen LogP contribution in [0, 0.1) is 0 Å². The Kier molecular flexibility index (Phi) is 9.40. The molecule has 15 nitrogen and oxygen atoms in total. The number of aromatic nitrogens is 5. The van der Waals surface area contributed by atoms with Crippen LogP contribution in [-0.4, -0.2) is 61.9 Å². The van der Waals surface area contributed by atoms with Gasteiger partial charge in [0.15, 0.2) is 22.8 Å². The molecule has 0 fully saturated rings. The minimum atomic E-state index is -0.743. The van der Waals surface area contributed by atoms with Gasteiger partial charge >= 0.3 is 12.1 Å². The average Bonchev–Trinajstić information content (AvgIpc) is 3.90. The van der Waals surface area contributed by atoms with Crippen molar-refractivity contribution in [2.45, 2.75) is 58.8 Å². The molecular formula is C34H34N6O9S. The summed E-state index contributed by atoms with van der Waals surface area (Å²) in [7, 11) is 1.27. The summed E-state index contributed by atoms with van der Waals surface area (Å²) in [6.07, 6.45) is 3.55. The third-order valence-corrected chi connectivity index (χ3v) is 7.49. The highest BCUT2D eigenvalue weighted by atomic mass is 32.1. The Labute approximate surface area is 290 Å². The number of hydrogen-bond acceptors (Lipinski definition) is 15. The topological polar surface area (TPSA) is 191 Å². The Morgan fingerprint density at radius 1 is 0.800 bits per heavy atom. The van der Waals surface area contributed by atoms with Crippen LogP contribution in [0.15, 0.2) is 72.2 Å². The second kappa shape index (κ2) is 13.7. The number of oxazole rings is 4.